The van der Waals surface area contributed by atoms with Gasteiger partial charge in [-0.15, -0.1) is 0 Å². The van der Waals surface area contributed by atoms with Gasteiger partial charge in [-0.2, -0.15) is 0 Å². The van der Waals surface area contributed by atoms with E-state index in [4.69, 9.17) is 4.74 Å². The summed E-state index contributed by atoms with van der Waals surface area (Å²) in [5, 5.41) is 0. The van der Waals surface area contributed by atoms with Crippen molar-refractivity contribution in [3.63, 3.8) is 0 Å². The molecule has 3 atom stereocenters. The number of aryl methyl sites for hydroxylation is 2. The molecule has 0 N–H and O–H groups in total. The van der Waals surface area contributed by atoms with E-state index in [1.54, 1.807) is 50.1 Å². The Kier molecular flexibility index (Phi) is 5.17. The first-order chi connectivity index (χ1) is 16.0. The van der Waals surface area contributed by atoms with Crippen LogP contribution in [0, 0.1) is 0 Å². The average Bonchev–Trinajstić information content (AvgIpc) is 3.50. The lowest BCUT2D eigenvalue weighted by atomic mass is 9.76. The highest BCUT2D eigenvalue weighted by atomic mass is 16.5. The van der Waals surface area contributed by atoms with E-state index in [0.717, 1.165) is 19.3 Å². The van der Waals surface area contributed by atoms with Crippen molar-refractivity contribution in [2.24, 2.45) is 0 Å². The number of fused-ring (bicyclic) bond motifs is 4. The Morgan fingerprint density at radius 2 is 1.47 bits per heavy atom. The number of benzene rings is 2. The van der Waals surface area contributed by atoms with E-state index in [0.29, 0.717) is 12.0 Å². The van der Waals surface area contributed by atoms with E-state index >= 15 is 0 Å². The smallest absolute Gasteiger partial charge is 0.0835 e. The molecule has 0 saturated carbocycles. The summed E-state index contributed by atoms with van der Waals surface area (Å²) < 4.78 is 7.03. The quantitative estimate of drug-likeness (QED) is 0.445. The third-order valence-electron chi connectivity index (χ3n) is 9.27. The molecule has 0 spiro atoms. The van der Waals surface area contributed by atoms with E-state index < -0.39 is 0 Å². The van der Waals surface area contributed by atoms with Crippen molar-refractivity contribution in [1.82, 2.24) is 0 Å². The lowest BCUT2D eigenvalue weighted by Crippen LogP contribution is -2.20. The first kappa shape index (κ1) is 22.8. The predicted octanol–water partition coefficient (Wildman–Crippen LogP) is 7.99. The Hall–Kier alpha value is -1.60. The van der Waals surface area contributed by atoms with Gasteiger partial charge in [-0.05, 0) is 130 Å². The van der Waals surface area contributed by atoms with Crippen LogP contribution in [0.25, 0.3) is 0 Å². The molecule has 6 rings (SSSR count). The van der Waals surface area contributed by atoms with Crippen molar-refractivity contribution in [1.29, 1.82) is 0 Å². The molecule has 0 aromatic heterocycles. The predicted molar refractivity (Wildman–Crippen MR) is 142 cm³/mol. The summed E-state index contributed by atoms with van der Waals surface area (Å²) in [4.78, 5) is 0. The Bertz CT molecular complexity index is 1150. The van der Waals surface area contributed by atoms with Gasteiger partial charge in [0, 0.05) is 0 Å². The molecule has 4 aliphatic rings. The molecule has 0 heterocycles. The molecule has 1 heteroatoms. The monoisotopic (exact) mass is 456 g/mol. The van der Waals surface area contributed by atoms with E-state index in [9.17, 15) is 0 Å². The molecule has 1 nitrogen and oxygen atoms in total. The molecule has 2 aromatic carbocycles. The highest BCUT2D eigenvalue weighted by Crippen LogP contribution is 2.48. The summed E-state index contributed by atoms with van der Waals surface area (Å²) in [6.45, 7) is 16.9. The van der Waals surface area contributed by atoms with Gasteiger partial charge in [0.1, 0.15) is 0 Å². The minimum Gasteiger partial charge on any atom is -0.370 e. The van der Waals surface area contributed by atoms with Crippen molar-refractivity contribution in [2.45, 2.75) is 135 Å². The Morgan fingerprint density at radius 1 is 0.706 bits per heavy atom. The maximum Gasteiger partial charge on any atom is 0.0835 e. The third-order valence-corrected chi connectivity index (χ3v) is 9.27. The molecule has 3 unspecified atom stereocenters. The SMILES string of the molecule is CC1CCc2cc3c(c(C(C)(C)C)c21)CC(OC1CCc2c1cc1c(c2C(C)(C)C)CCC1)C3. The standard InChI is InChI=1S/C33H44O/c1-19-11-12-21-15-22-16-23(18-26(22)31(29(19)21)33(5,6)7)34-28-14-13-25-27(28)17-20-9-8-10-24(20)30(25)32(2,3)4/h15,17,19,23,28H,8-14,16,18H2,1-7H3. The van der Waals surface area contributed by atoms with Gasteiger partial charge in [0.15, 0.2) is 0 Å². The van der Waals surface area contributed by atoms with E-state index in [-0.39, 0.29) is 16.9 Å². The molecule has 0 amide bonds. The fourth-order valence-electron chi connectivity index (χ4n) is 8.14. The van der Waals surface area contributed by atoms with Crippen LogP contribution in [0.1, 0.15) is 135 Å². The van der Waals surface area contributed by atoms with Crippen LogP contribution in [0.4, 0.5) is 0 Å². The molecule has 4 aliphatic carbocycles. The van der Waals surface area contributed by atoms with Gasteiger partial charge in [0.2, 0.25) is 0 Å². The summed E-state index contributed by atoms with van der Waals surface area (Å²) in [5.41, 5.74) is 16.8. The zero-order valence-electron chi connectivity index (χ0n) is 22.7. The van der Waals surface area contributed by atoms with Gasteiger partial charge in [-0.3, -0.25) is 0 Å². The highest BCUT2D eigenvalue weighted by Gasteiger charge is 2.39. The van der Waals surface area contributed by atoms with Crippen molar-refractivity contribution in [2.75, 3.05) is 0 Å². The molecule has 0 aliphatic heterocycles. The van der Waals surface area contributed by atoms with Crippen LogP contribution in [0.2, 0.25) is 0 Å². The zero-order chi connectivity index (χ0) is 24.0. The van der Waals surface area contributed by atoms with Crippen molar-refractivity contribution >= 4 is 0 Å². The van der Waals surface area contributed by atoms with Crippen molar-refractivity contribution in [3.05, 3.63) is 67.8 Å². The lowest BCUT2D eigenvalue weighted by Gasteiger charge is -2.28. The average molecular weight is 457 g/mol. The summed E-state index contributed by atoms with van der Waals surface area (Å²) in [5.74, 6) is 0.703. The summed E-state index contributed by atoms with van der Waals surface area (Å²) in [7, 11) is 0. The van der Waals surface area contributed by atoms with Gasteiger partial charge in [-0.25, -0.2) is 0 Å². The number of hydrogen-bond acceptors (Lipinski definition) is 1. The molecule has 34 heavy (non-hydrogen) atoms. The highest BCUT2D eigenvalue weighted by molar-refractivity contribution is 5.56. The van der Waals surface area contributed by atoms with Gasteiger partial charge in [-0.1, -0.05) is 60.6 Å². The third kappa shape index (κ3) is 3.52. The minimum atomic E-state index is 0.199. The number of ether oxygens (including phenoxy) is 1. The van der Waals surface area contributed by atoms with E-state index in [1.165, 1.54) is 44.1 Å². The van der Waals surface area contributed by atoms with Crippen LogP contribution in [0.3, 0.4) is 0 Å². The Morgan fingerprint density at radius 3 is 2.21 bits per heavy atom. The normalized spacial score (nSPS) is 25.4. The first-order valence-electron chi connectivity index (χ1n) is 14.0. The first-order valence-corrected chi connectivity index (χ1v) is 14.0. The van der Waals surface area contributed by atoms with E-state index in [2.05, 4.69) is 60.6 Å². The minimum absolute atomic E-state index is 0.199. The summed E-state index contributed by atoms with van der Waals surface area (Å²) >= 11 is 0. The molecule has 182 valence electrons. The van der Waals surface area contributed by atoms with E-state index in [1.807, 2.05) is 0 Å². The van der Waals surface area contributed by atoms with Crippen LogP contribution >= 0.6 is 0 Å². The second-order valence-electron chi connectivity index (χ2n) is 13.9. The second-order valence-corrected chi connectivity index (χ2v) is 13.9. The molecular formula is C33H44O. The topological polar surface area (TPSA) is 9.23 Å². The molecule has 0 radical (unpaired) electrons. The van der Waals surface area contributed by atoms with Crippen LogP contribution in [-0.4, -0.2) is 6.10 Å². The fraction of sp³-hybridized carbons (Fsp3) is 0.636. The van der Waals surface area contributed by atoms with Gasteiger partial charge in [0.05, 0.1) is 12.2 Å². The molecule has 0 saturated heterocycles. The van der Waals surface area contributed by atoms with Gasteiger partial charge >= 0.3 is 0 Å². The maximum atomic E-state index is 7.03. The van der Waals surface area contributed by atoms with Crippen molar-refractivity contribution < 1.29 is 4.74 Å². The molecule has 2 aromatic rings. The maximum absolute atomic E-state index is 7.03. The number of hydrogen-bond donors (Lipinski definition) is 0. The largest absolute Gasteiger partial charge is 0.370 e. The Labute approximate surface area is 207 Å². The lowest BCUT2D eigenvalue weighted by molar-refractivity contribution is -0.00652. The second kappa shape index (κ2) is 7.70. The molecule has 0 fully saturated rings. The van der Waals surface area contributed by atoms with Gasteiger partial charge in [0.25, 0.3) is 0 Å². The van der Waals surface area contributed by atoms with Crippen molar-refractivity contribution in [3.8, 4) is 0 Å². The molecular weight excluding hydrogens is 412 g/mol. The Balaban J connectivity index is 1.32. The molecule has 0 bridgehead atoms. The van der Waals surface area contributed by atoms with Gasteiger partial charge < -0.3 is 4.74 Å². The summed E-state index contributed by atoms with van der Waals surface area (Å²) in [6, 6.07) is 5.13. The van der Waals surface area contributed by atoms with Crippen LogP contribution in [0.5, 0.6) is 0 Å². The summed E-state index contributed by atoms with van der Waals surface area (Å²) in [6.07, 6.45) is 11.6. The van der Waals surface area contributed by atoms with Crippen LogP contribution in [-0.2, 0) is 54.1 Å². The van der Waals surface area contributed by atoms with Crippen LogP contribution in [0.15, 0.2) is 12.1 Å². The fourth-order valence-corrected chi connectivity index (χ4v) is 8.14. The zero-order valence-corrected chi connectivity index (χ0v) is 22.7. The van der Waals surface area contributed by atoms with Crippen LogP contribution < -0.4 is 0 Å². The number of rotatable bonds is 2.